The second kappa shape index (κ2) is 15.4. The first kappa shape index (κ1) is 39.4. The van der Waals surface area contributed by atoms with E-state index in [-0.39, 0.29) is 0 Å². The second-order valence-corrected chi connectivity index (χ2v) is 18.7. The summed E-state index contributed by atoms with van der Waals surface area (Å²) in [5.74, 6) is 0. The Balaban J connectivity index is 1.09. The van der Waals surface area contributed by atoms with Crippen LogP contribution < -0.4 is 4.90 Å². The standard InChI is InChI=1S/C68H45N/c1-5-21-46(22-6-1)47-37-39-51(40-38-47)69(52-41-42-57-55-31-13-17-33-60(55)67(64(57)43-52,49-25-9-3-10-26-49)50-27-11-4-12-28-50)66-45-65-59(44-58(66)48-23-7-2-8-24-48)56-32-16-20-36-63(56)68(65)61-34-18-14-29-53(61)54-30-15-19-35-62(54)68/h1-45H. The van der Waals surface area contributed by atoms with E-state index in [0.29, 0.717) is 0 Å². The molecule has 11 aromatic carbocycles. The van der Waals surface area contributed by atoms with E-state index in [9.17, 15) is 0 Å². The molecule has 0 N–H and O–H groups in total. The van der Waals surface area contributed by atoms with Crippen molar-refractivity contribution in [1.82, 2.24) is 0 Å². The van der Waals surface area contributed by atoms with Gasteiger partial charge < -0.3 is 4.90 Å². The Morgan fingerprint density at radius 3 is 1.12 bits per heavy atom. The third-order valence-electron chi connectivity index (χ3n) is 15.4. The van der Waals surface area contributed by atoms with Gasteiger partial charge in [0.05, 0.1) is 16.5 Å². The largest absolute Gasteiger partial charge is 0.310 e. The summed E-state index contributed by atoms with van der Waals surface area (Å²) in [5.41, 5.74) is 25.0. The van der Waals surface area contributed by atoms with Crippen LogP contribution in [0, 0.1) is 0 Å². The van der Waals surface area contributed by atoms with Crippen molar-refractivity contribution < 1.29 is 0 Å². The van der Waals surface area contributed by atoms with Crippen LogP contribution in [0.2, 0.25) is 0 Å². The van der Waals surface area contributed by atoms with Gasteiger partial charge in [-0.05, 0) is 131 Å². The molecule has 14 rings (SSSR count). The third-order valence-corrected chi connectivity index (χ3v) is 15.4. The molecular weight excluding hydrogens is 831 g/mol. The molecule has 11 aromatic rings. The Labute approximate surface area is 403 Å². The van der Waals surface area contributed by atoms with Gasteiger partial charge in [-0.3, -0.25) is 0 Å². The lowest BCUT2D eigenvalue weighted by molar-refractivity contribution is 0.768. The van der Waals surface area contributed by atoms with E-state index < -0.39 is 10.8 Å². The number of nitrogens with zero attached hydrogens (tertiary/aromatic N) is 1. The Morgan fingerprint density at radius 1 is 0.217 bits per heavy atom. The zero-order valence-electron chi connectivity index (χ0n) is 37.9. The minimum atomic E-state index is -0.559. The van der Waals surface area contributed by atoms with E-state index in [1.54, 1.807) is 0 Å². The Morgan fingerprint density at radius 2 is 0.594 bits per heavy atom. The minimum absolute atomic E-state index is 0.513. The first-order valence-electron chi connectivity index (χ1n) is 24.1. The topological polar surface area (TPSA) is 3.24 Å². The van der Waals surface area contributed by atoms with Crippen LogP contribution in [0.1, 0.15) is 44.5 Å². The highest BCUT2D eigenvalue weighted by Crippen LogP contribution is 2.65. The third kappa shape index (κ3) is 5.59. The van der Waals surface area contributed by atoms with Crippen molar-refractivity contribution in [2.45, 2.75) is 10.8 Å². The van der Waals surface area contributed by atoms with Gasteiger partial charge >= 0.3 is 0 Å². The Bertz CT molecular complexity index is 3680. The SMILES string of the molecule is c1ccc(-c2ccc(N(c3ccc4c(c3)C(c3ccccc3)(c3ccccc3)c3ccccc3-4)c3cc4c(cc3-c3ccccc3)-c3ccccc3C43c4ccccc4-c4ccccc43)cc2)cc1. The number of hydrogen-bond donors (Lipinski definition) is 0. The van der Waals surface area contributed by atoms with Crippen LogP contribution in [0.15, 0.2) is 273 Å². The molecule has 1 spiro atoms. The van der Waals surface area contributed by atoms with E-state index in [0.717, 1.165) is 17.1 Å². The second-order valence-electron chi connectivity index (χ2n) is 18.7. The molecule has 0 bridgehead atoms. The molecule has 0 saturated heterocycles. The molecule has 0 radical (unpaired) electrons. The Kier molecular flexibility index (Phi) is 8.78. The summed E-state index contributed by atoms with van der Waals surface area (Å²) in [6, 6.07) is 102. The van der Waals surface area contributed by atoms with Crippen LogP contribution in [-0.2, 0) is 10.8 Å². The Hall–Kier alpha value is -8.78. The predicted octanol–water partition coefficient (Wildman–Crippen LogP) is 17.2. The molecule has 0 saturated carbocycles. The van der Waals surface area contributed by atoms with Crippen molar-refractivity contribution in [2.75, 3.05) is 4.90 Å². The molecule has 1 nitrogen and oxygen atoms in total. The van der Waals surface area contributed by atoms with Crippen molar-refractivity contribution in [3.63, 3.8) is 0 Å². The van der Waals surface area contributed by atoms with E-state index in [2.05, 4.69) is 278 Å². The van der Waals surface area contributed by atoms with Gasteiger partial charge in [-0.2, -0.15) is 0 Å². The molecule has 0 aliphatic heterocycles. The number of fused-ring (bicyclic) bond motifs is 13. The molecule has 0 amide bonds. The highest BCUT2D eigenvalue weighted by Gasteiger charge is 2.52. The maximum absolute atomic E-state index is 2.56. The van der Waals surface area contributed by atoms with Gasteiger partial charge in [0.25, 0.3) is 0 Å². The fourth-order valence-corrected chi connectivity index (χ4v) is 12.6. The maximum Gasteiger partial charge on any atom is 0.0726 e. The maximum atomic E-state index is 2.56. The van der Waals surface area contributed by atoms with Gasteiger partial charge in [-0.15, -0.1) is 0 Å². The summed E-state index contributed by atoms with van der Waals surface area (Å²) in [4.78, 5) is 2.55. The van der Waals surface area contributed by atoms with E-state index in [1.807, 2.05) is 0 Å². The fourth-order valence-electron chi connectivity index (χ4n) is 12.6. The van der Waals surface area contributed by atoms with Crippen molar-refractivity contribution >= 4 is 17.1 Å². The molecule has 3 aliphatic rings. The van der Waals surface area contributed by atoms with Crippen LogP contribution in [0.5, 0.6) is 0 Å². The van der Waals surface area contributed by atoms with Crippen LogP contribution in [0.3, 0.4) is 0 Å². The van der Waals surface area contributed by atoms with Crippen molar-refractivity contribution in [1.29, 1.82) is 0 Å². The van der Waals surface area contributed by atoms with Crippen LogP contribution in [0.4, 0.5) is 17.1 Å². The predicted molar refractivity (Wildman–Crippen MR) is 286 cm³/mol. The van der Waals surface area contributed by atoms with E-state index in [4.69, 9.17) is 0 Å². The first-order chi connectivity index (χ1) is 34.2. The molecule has 1 heteroatoms. The smallest absolute Gasteiger partial charge is 0.0726 e. The van der Waals surface area contributed by atoms with Crippen LogP contribution >= 0.6 is 0 Å². The van der Waals surface area contributed by atoms with E-state index in [1.165, 1.54) is 100 Å². The molecule has 0 aromatic heterocycles. The molecule has 0 heterocycles. The number of benzene rings is 11. The number of rotatable bonds is 7. The first-order valence-corrected chi connectivity index (χ1v) is 24.1. The lowest BCUT2D eigenvalue weighted by atomic mass is 9.67. The minimum Gasteiger partial charge on any atom is -0.310 e. The zero-order chi connectivity index (χ0) is 45.5. The molecule has 0 unspecified atom stereocenters. The quantitative estimate of drug-likeness (QED) is 0.154. The highest BCUT2D eigenvalue weighted by molar-refractivity contribution is 6.01. The number of anilines is 3. The summed E-state index contributed by atoms with van der Waals surface area (Å²) in [6.45, 7) is 0. The van der Waals surface area contributed by atoms with Crippen molar-refractivity contribution in [3.05, 3.63) is 317 Å². The monoisotopic (exact) mass is 875 g/mol. The van der Waals surface area contributed by atoms with Gasteiger partial charge in [-0.25, -0.2) is 0 Å². The molecule has 69 heavy (non-hydrogen) atoms. The van der Waals surface area contributed by atoms with Gasteiger partial charge in [0.1, 0.15) is 0 Å². The molecule has 322 valence electrons. The summed E-state index contributed by atoms with van der Waals surface area (Å²) >= 11 is 0. The number of hydrogen-bond acceptors (Lipinski definition) is 1. The van der Waals surface area contributed by atoms with E-state index >= 15 is 0 Å². The normalized spacial score (nSPS) is 13.7. The average molecular weight is 876 g/mol. The lowest BCUT2D eigenvalue weighted by Gasteiger charge is -2.35. The van der Waals surface area contributed by atoms with Crippen molar-refractivity contribution in [3.8, 4) is 55.6 Å². The van der Waals surface area contributed by atoms with Gasteiger partial charge in [0.15, 0.2) is 0 Å². The summed E-state index contributed by atoms with van der Waals surface area (Å²) < 4.78 is 0. The van der Waals surface area contributed by atoms with Crippen LogP contribution in [-0.4, -0.2) is 0 Å². The highest BCUT2D eigenvalue weighted by atomic mass is 15.1. The molecule has 0 fully saturated rings. The average Bonchev–Trinajstić information content (AvgIpc) is 4.01. The molecule has 3 aliphatic carbocycles. The molecule has 0 atom stereocenters. The van der Waals surface area contributed by atoms with Crippen LogP contribution in [0.25, 0.3) is 55.6 Å². The zero-order valence-corrected chi connectivity index (χ0v) is 37.9. The van der Waals surface area contributed by atoms with Crippen molar-refractivity contribution in [2.24, 2.45) is 0 Å². The van der Waals surface area contributed by atoms with Gasteiger partial charge in [0, 0.05) is 16.9 Å². The summed E-state index contributed by atoms with van der Waals surface area (Å²) in [7, 11) is 0. The summed E-state index contributed by atoms with van der Waals surface area (Å²) in [6.07, 6.45) is 0. The summed E-state index contributed by atoms with van der Waals surface area (Å²) in [5, 5.41) is 0. The van der Waals surface area contributed by atoms with Gasteiger partial charge in [0.2, 0.25) is 0 Å². The lowest BCUT2D eigenvalue weighted by Crippen LogP contribution is -2.28. The fraction of sp³-hybridized carbons (Fsp3) is 0.0294. The molecular formula is C68H45N. The van der Waals surface area contributed by atoms with Gasteiger partial charge in [-0.1, -0.05) is 237 Å².